The van der Waals surface area contributed by atoms with Crippen molar-refractivity contribution in [2.45, 2.75) is 148 Å². The molecular formula is C38H68N7O17P3S. The van der Waals surface area contributed by atoms with Crippen LogP contribution in [-0.4, -0.2) is 123 Å². The first kappa shape index (κ1) is 57.9. The van der Waals surface area contributed by atoms with E-state index in [0.717, 1.165) is 54.2 Å². The number of rotatable bonds is 33. The molecule has 1 saturated heterocycles. The lowest BCUT2D eigenvalue weighted by molar-refractivity contribution is -0.137. The van der Waals surface area contributed by atoms with Crippen LogP contribution in [0, 0.1) is 11.3 Å². The normalized spacial score (nSPS) is 20.7. The summed E-state index contributed by atoms with van der Waals surface area (Å²) in [6.07, 6.45) is 8.10. The highest BCUT2D eigenvalue weighted by Gasteiger charge is 2.50. The van der Waals surface area contributed by atoms with Crippen molar-refractivity contribution in [2.24, 2.45) is 11.3 Å². The van der Waals surface area contributed by atoms with Gasteiger partial charge in [0.2, 0.25) is 11.8 Å². The molecule has 28 heteroatoms. The number of phosphoric acid groups is 3. The van der Waals surface area contributed by atoms with Crippen LogP contribution in [0.4, 0.5) is 5.82 Å². The Kier molecular flexibility index (Phi) is 24.3. The summed E-state index contributed by atoms with van der Waals surface area (Å²) in [6, 6.07) is 0. The quantitative estimate of drug-likeness (QED) is 0.0353. The molecule has 0 bridgehead atoms. The Labute approximate surface area is 388 Å². The molecule has 1 aliphatic rings. The molecular weight excluding hydrogens is 951 g/mol. The van der Waals surface area contributed by atoms with E-state index in [0.29, 0.717) is 12.2 Å². The van der Waals surface area contributed by atoms with Gasteiger partial charge in [0, 0.05) is 37.1 Å². The third-order valence-corrected chi connectivity index (χ3v) is 14.7. The lowest BCUT2D eigenvalue weighted by Crippen LogP contribution is -2.46. The number of ether oxygens (including phenoxy) is 1. The van der Waals surface area contributed by atoms with Crippen LogP contribution < -0.4 is 16.4 Å². The maximum atomic E-state index is 12.7. The Hall–Kier alpha value is -2.44. The first-order chi connectivity index (χ1) is 30.9. The average Bonchev–Trinajstić information content (AvgIpc) is 3.80. The molecule has 3 heterocycles. The molecule has 1 aliphatic heterocycles. The lowest BCUT2D eigenvalue weighted by Gasteiger charge is -2.30. The highest BCUT2D eigenvalue weighted by molar-refractivity contribution is 8.13. The number of unbranched alkanes of at least 4 members (excludes halogenated alkanes) is 8. The predicted molar refractivity (Wildman–Crippen MR) is 242 cm³/mol. The zero-order valence-corrected chi connectivity index (χ0v) is 41.3. The van der Waals surface area contributed by atoms with E-state index in [-0.39, 0.29) is 41.6 Å². The number of anilines is 1. The molecule has 66 heavy (non-hydrogen) atoms. The third-order valence-electron chi connectivity index (χ3n) is 10.6. The Morgan fingerprint density at radius 2 is 1.55 bits per heavy atom. The number of fused-ring (bicyclic) bond motifs is 1. The second kappa shape index (κ2) is 27.7. The number of amides is 2. The molecule has 1 fully saturated rings. The molecule has 3 rings (SSSR count). The minimum Gasteiger partial charge on any atom is -0.386 e. The number of nitrogens with one attached hydrogen (secondary N) is 2. The highest BCUT2D eigenvalue weighted by atomic mass is 32.2. The number of thioether (sulfide) groups is 1. The number of hydrogen-bond donors (Lipinski definition) is 9. The topological polar surface area (TPSA) is 364 Å². The minimum atomic E-state index is -5.57. The van der Waals surface area contributed by atoms with Crippen LogP contribution in [0.3, 0.4) is 0 Å². The Morgan fingerprint density at radius 3 is 2.21 bits per heavy atom. The Morgan fingerprint density at radius 1 is 0.909 bits per heavy atom. The number of carbonyl (C=O) groups is 3. The number of nitrogens with two attached hydrogens (primary N) is 1. The fourth-order valence-corrected chi connectivity index (χ4v) is 10.4. The van der Waals surface area contributed by atoms with Crippen molar-refractivity contribution in [3.63, 3.8) is 0 Å². The zero-order chi connectivity index (χ0) is 49.1. The number of aliphatic hydroxyl groups excluding tert-OH is 2. The highest BCUT2D eigenvalue weighted by Crippen LogP contribution is 2.61. The molecule has 0 radical (unpaired) electrons. The van der Waals surface area contributed by atoms with Crippen molar-refractivity contribution in [1.29, 1.82) is 0 Å². The number of aromatic nitrogens is 4. The maximum Gasteiger partial charge on any atom is 0.481 e. The Bertz CT molecular complexity index is 2000. The van der Waals surface area contributed by atoms with Crippen molar-refractivity contribution in [3.05, 3.63) is 12.7 Å². The van der Waals surface area contributed by atoms with Gasteiger partial charge in [-0.1, -0.05) is 110 Å². The van der Waals surface area contributed by atoms with Gasteiger partial charge in [0.15, 0.2) is 22.8 Å². The van der Waals surface area contributed by atoms with E-state index in [1.807, 2.05) is 0 Å². The summed E-state index contributed by atoms with van der Waals surface area (Å²) in [5.41, 5.74) is 4.29. The SMILES string of the molecule is CCCCCCC(C)CCCCCCCCC(=O)SCCNC(=O)CCNC(=O)[C@H](O)C(C)(C)COP(=O)(O)OP(=O)(O)OC[C@H]1O[C@@H](n2cnc3c(N)ncnc32)[C@H](O)[C@@H]1OP(=O)(O)O. The third kappa shape index (κ3) is 20.7. The number of aliphatic hydroxyl groups is 2. The van der Waals surface area contributed by atoms with Crippen LogP contribution in [0.15, 0.2) is 12.7 Å². The van der Waals surface area contributed by atoms with Crippen LogP contribution in [0.2, 0.25) is 0 Å². The van der Waals surface area contributed by atoms with E-state index < -0.39 is 84.6 Å². The minimum absolute atomic E-state index is 0.0336. The van der Waals surface area contributed by atoms with E-state index in [2.05, 4.69) is 48.3 Å². The lowest BCUT2D eigenvalue weighted by atomic mass is 9.87. The summed E-state index contributed by atoms with van der Waals surface area (Å²) in [5.74, 6) is -0.230. The van der Waals surface area contributed by atoms with E-state index >= 15 is 0 Å². The van der Waals surface area contributed by atoms with Gasteiger partial charge in [0.1, 0.15) is 36.3 Å². The second-order valence-electron chi connectivity index (χ2n) is 16.9. The second-order valence-corrected chi connectivity index (χ2v) is 22.3. The summed E-state index contributed by atoms with van der Waals surface area (Å²) in [6.45, 7) is 5.16. The van der Waals surface area contributed by atoms with E-state index in [4.69, 9.17) is 19.5 Å². The molecule has 8 atom stereocenters. The molecule has 0 aromatic carbocycles. The number of nitrogens with zero attached hydrogens (tertiary/aromatic N) is 4. The van der Waals surface area contributed by atoms with Crippen LogP contribution in [-0.2, 0) is 50.7 Å². The Balaban J connectivity index is 1.32. The van der Waals surface area contributed by atoms with Gasteiger partial charge in [0.05, 0.1) is 19.5 Å². The molecule has 0 saturated carbocycles. The fourth-order valence-electron chi connectivity index (χ4n) is 6.90. The number of carbonyl (C=O) groups excluding carboxylic acids is 3. The fraction of sp³-hybridized carbons (Fsp3) is 0.789. The average molecular weight is 1020 g/mol. The van der Waals surface area contributed by atoms with Gasteiger partial charge in [-0.05, 0) is 12.3 Å². The maximum absolute atomic E-state index is 12.7. The monoisotopic (exact) mass is 1020 g/mol. The van der Waals surface area contributed by atoms with Crippen LogP contribution in [0.1, 0.15) is 124 Å². The molecule has 3 unspecified atom stereocenters. The molecule has 24 nitrogen and oxygen atoms in total. The van der Waals surface area contributed by atoms with Gasteiger partial charge in [-0.2, -0.15) is 4.31 Å². The molecule has 2 aromatic rings. The summed E-state index contributed by atoms with van der Waals surface area (Å²) < 4.78 is 62.4. The van der Waals surface area contributed by atoms with Gasteiger partial charge in [0.25, 0.3) is 0 Å². The van der Waals surface area contributed by atoms with Crippen molar-refractivity contribution < 1.29 is 80.5 Å². The molecule has 378 valence electrons. The number of imidazole rings is 1. The summed E-state index contributed by atoms with van der Waals surface area (Å²) in [5, 5.41) is 26.7. The van der Waals surface area contributed by atoms with E-state index in [1.54, 1.807) is 0 Å². The summed E-state index contributed by atoms with van der Waals surface area (Å²) in [4.78, 5) is 88.4. The van der Waals surface area contributed by atoms with Gasteiger partial charge in [-0.25, -0.2) is 28.6 Å². The van der Waals surface area contributed by atoms with Gasteiger partial charge in [-0.15, -0.1) is 0 Å². The predicted octanol–water partition coefficient (Wildman–Crippen LogP) is 4.39. The smallest absolute Gasteiger partial charge is 0.386 e. The van der Waals surface area contributed by atoms with Crippen molar-refractivity contribution in [1.82, 2.24) is 30.2 Å². The number of phosphoric ester groups is 3. The van der Waals surface area contributed by atoms with Crippen LogP contribution >= 0.6 is 35.2 Å². The van der Waals surface area contributed by atoms with Gasteiger partial charge in [-0.3, -0.25) is 32.5 Å². The number of nitrogen functional groups attached to an aromatic ring is 1. The van der Waals surface area contributed by atoms with E-state index in [1.165, 1.54) is 71.6 Å². The van der Waals surface area contributed by atoms with Crippen molar-refractivity contribution in [3.8, 4) is 0 Å². The number of hydrogen-bond acceptors (Lipinski definition) is 18. The first-order valence-electron chi connectivity index (χ1n) is 22.0. The van der Waals surface area contributed by atoms with Crippen LogP contribution in [0.5, 0.6) is 0 Å². The largest absolute Gasteiger partial charge is 0.481 e. The van der Waals surface area contributed by atoms with Gasteiger partial charge < -0.3 is 50.9 Å². The van der Waals surface area contributed by atoms with Gasteiger partial charge >= 0.3 is 23.5 Å². The summed E-state index contributed by atoms with van der Waals surface area (Å²) in [7, 11) is -16.4. The zero-order valence-electron chi connectivity index (χ0n) is 37.8. The van der Waals surface area contributed by atoms with Crippen molar-refractivity contribution >= 4 is 69.1 Å². The molecule has 0 aliphatic carbocycles. The molecule has 2 aromatic heterocycles. The molecule has 0 spiro atoms. The summed E-state index contributed by atoms with van der Waals surface area (Å²) >= 11 is 1.15. The molecule has 10 N–H and O–H groups in total. The van der Waals surface area contributed by atoms with Crippen molar-refractivity contribution in [2.75, 3.05) is 37.8 Å². The van der Waals surface area contributed by atoms with E-state index in [9.17, 15) is 57.9 Å². The first-order valence-corrected chi connectivity index (χ1v) is 27.5. The van der Waals surface area contributed by atoms with Crippen LogP contribution in [0.25, 0.3) is 11.2 Å². The standard InChI is InChI=1S/C38H68N7O17P3S/c1-5-6-7-12-15-26(2)16-13-10-8-9-11-14-17-29(47)66-21-20-40-28(46)18-19-41-36(50)33(49)38(3,4)23-59-65(56,57)62-64(54,55)58-22-27-32(61-63(51,52)53)31(48)37(60-27)45-25-44-30-34(39)42-24-43-35(30)45/h24-27,31-33,37,48-49H,5-23H2,1-4H3,(H,40,46)(H,41,50)(H,54,55)(H,56,57)(H2,39,42,43)(H2,51,52,53)/t26?,27-,31-,32-,33+,37-/m1/s1. The molecule has 2 amide bonds.